The minimum absolute atomic E-state index is 0.156. The maximum Gasteiger partial charge on any atom is 0.270 e. The summed E-state index contributed by atoms with van der Waals surface area (Å²) in [7, 11) is 1.52. The first-order valence-corrected chi connectivity index (χ1v) is 7.88. The van der Waals surface area contributed by atoms with Gasteiger partial charge in [-0.25, -0.2) is 4.98 Å². The van der Waals surface area contributed by atoms with Gasteiger partial charge in [0.15, 0.2) is 5.13 Å². The number of nitrogens with zero attached hydrogens (tertiary/aromatic N) is 2. The van der Waals surface area contributed by atoms with Crippen molar-refractivity contribution in [2.75, 3.05) is 12.4 Å². The number of carbonyl (C=O) groups excluding carboxylic acids is 1. The molecule has 1 N–H and O–H groups in total. The summed E-state index contributed by atoms with van der Waals surface area (Å²) in [4.78, 5) is 26.8. The van der Waals surface area contributed by atoms with Crippen molar-refractivity contribution in [3.8, 4) is 5.75 Å². The molecule has 0 aliphatic heterocycles. The molecule has 122 valence electrons. The van der Waals surface area contributed by atoms with Gasteiger partial charge < -0.3 is 4.74 Å². The van der Waals surface area contributed by atoms with Crippen LogP contribution in [0.15, 0.2) is 36.4 Å². The molecule has 0 fully saturated rings. The molecule has 0 radical (unpaired) electrons. The number of rotatable bonds is 4. The summed E-state index contributed by atoms with van der Waals surface area (Å²) >= 11 is 7.33. The van der Waals surface area contributed by atoms with Crippen molar-refractivity contribution in [2.24, 2.45) is 0 Å². The average Bonchev–Trinajstić information content (AvgIpc) is 3.00. The average molecular weight is 364 g/mol. The first-order chi connectivity index (χ1) is 11.5. The molecule has 0 aliphatic rings. The van der Waals surface area contributed by atoms with Crippen LogP contribution >= 0.6 is 22.9 Å². The first-order valence-electron chi connectivity index (χ1n) is 6.68. The number of nitrogens with one attached hydrogen (secondary N) is 1. The molecule has 0 spiro atoms. The fourth-order valence-corrected chi connectivity index (χ4v) is 3.25. The summed E-state index contributed by atoms with van der Waals surface area (Å²) in [5.41, 5.74) is 0.558. The SMILES string of the molecule is COc1ccc(Cl)c2sc(NC(=O)c3cccc([N+](=O)[O-])c3)nc12. The van der Waals surface area contributed by atoms with Gasteiger partial charge in [0.05, 0.1) is 21.8 Å². The molecule has 1 amide bonds. The number of anilines is 1. The number of methoxy groups -OCH3 is 1. The maximum absolute atomic E-state index is 12.3. The Balaban J connectivity index is 1.92. The fourth-order valence-electron chi connectivity index (χ4n) is 2.10. The van der Waals surface area contributed by atoms with Crippen molar-refractivity contribution in [3.05, 3.63) is 57.1 Å². The molecular weight excluding hydrogens is 354 g/mol. The van der Waals surface area contributed by atoms with Crippen molar-refractivity contribution < 1.29 is 14.5 Å². The van der Waals surface area contributed by atoms with Gasteiger partial charge in [-0.1, -0.05) is 29.0 Å². The van der Waals surface area contributed by atoms with Crippen LogP contribution in [0.3, 0.4) is 0 Å². The van der Waals surface area contributed by atoms with E-state index < -0.39 is 10.8 Å². The molecule has 24 heavy (non-hydrogen) atoms. The third-order valence-corrected chi connectivity index (χ3v) is 4.65. The molecular formula is C15H10ClN3O4S. The number of hydrogen-bond donors (Lipinski definition) is 1. The van der Waals surface area contributed by atoms with E-state index in [1.807, 2.05) is 0 Å². The van der Waals surface area contributed by atoms with E-state index >= 15 is 0 Å². The van der Waals surface area contributed by atoms with Gasteiger partial charge in [0.25, 0.3) is 11.6 Å². The van der Waals surface area contributed by atoms with E-state index in [9.17, 15) is 14.9 Å². The Hall–Kier alpha value is -2.71. The largest absolute Gasteiger partial charge is 0.494 e. The predicted octanol–water partition coefficient (Wildman–Crippen LogP) is 4.12. The van der Waals surface area contributed by atoms with E-state index in [0.29, 0.717) is 26.1 Å². The van der Waals surface area contributed by atoms with Crippen molar-refractivity contribution in [2.45, 2.75) is 0 Å². The lowest BCUT2D eigenvalue weighted by Gasteiger charge is -2.01. The Morgan fingerprint density at radius 3 is 2.88 bits per heavy atom. The van der Waals surface area contributed by atoms with Crippen LogP contribution in [0.2, 0.25) is 5.02 Å². The highest BCUT2D eigenvalue weighted by Gasteiger charge is 2.16. The van der Waals surface area contributed by atoms with Crippen LogP contribution in [-0.2, 0) is 0 Å². The number of nitro groups is 1. The Labute approximate surface area is 145 Å². The first kappa shape index (κ1) is 16.2. The molecule has 0 atom stereocenters. The summed E-state index contributed by atoms with van der Waals surface area (Å²) in [6.45, 7) is 0. The van der Waals surface area contributed by atoms with Crippen LogP contribution in [0.5, 0.6) is 5.75 Å². The Morgan fingerprint density at radius 2 is 2.17 bits per heavy atom. The number of aromatic nitrogens is 1. The zero-order valence-corrected chi connectivity index (χ0v) is 13.9. The standard InChI is InChI=1S/C15H10ClN3O4S/c1-23-11-6-5-10(16)13-12(11)17-15(24-13)18-14(20)8-3-2-4-9(7-8)19(21)22/h2-7H,1H3,(H,17,18,20). The van der Waals surface area contributed by atoms with Gasteiger partial charge in [-0.2, -0.15) is 0 Å². The zero-order chi connectivity index (χ0) is 17.3. The van der Waals surface area contributed by atoms with Crippen LogP contribution in [-0.4, -0.2) is 22.9 Å². The van der Waals surface area contributed by atoms with Gasteiger partial charge in [-0.3, -0.25) is 20.2 Å². The third-order valence-electron chi connectivity index (χ3n) is 3.22. The van der Waals surface area contributed by atoms with E-state index in [1.54, 1.807) is 12.1 Å². The highest BCUT2D eigenvalue weighted by molar-refractivity contribution is 7.23. The molecule has 2 aromatic carbocycles. The Bertz CT molecular complexity index is 957. The summed E-state index contributed by atoms with van der Waals surface area (Å²) in [5.74, 6) is 0.0503. The molecule has 7 nitrogen and oxygen atoms in total. The van der Waals surface area contributed by atoms with Gasteiger partial charge >= 0.3 is 0 Å². The summed E-state index contributed by atoms with van der Waals surface area (Å²) < 4.78 is 5.91. The van der Waals surface area contributed by atoms with E-state index in [-0.39, 0.29) is 11.3 Å². The van der Waals surface area contributed by atoms with Crippen LogP contribution in [0.1, 0.15) is 10.4 Å². The molecule has 1 aromatic heterocycles. The number of halogens is 1. The number of amides is 1. The molecule has 9 heteroatoms. The van der Waals surface area contributed by atoms with E-state index in [4.69, 9.17) is 16.3 Å². The third kappa shape index (κ3) is 3.01. The predicted molar refractivity (Wildman–Crippen MR) is 92.2 cm³/mol. The maximum atomic E-state index is 12.3. The highest BCUT2D eigenvalue weighted by Crippen LogP contribution is 2.37. The quantitative estimate of drug-likeness (QED) is 0.555. The number of nitro benzene ring substituents is 1. The summed E-state index contributed by atoms with van der Waals surface area (Å²) in [6.07, 6.45) is 0. The van der Waals surface area contributed by atoms with Crippen molar-refractivity contribution in [3.63, 3.8) is 0 Å². The molecule has 0 bridgehead atoms. The molecule has 0 saturated carbocycles. The Morgan fingerprint density at radius 1 is 1.38 bits per heavy atom. The number of benzene rings is 2. The van der Waals surface area contributed by atoms with E-state index in [0.717, 1.165) is 0 Å². The lowest BCUT2D eigenvalue weighted by atomic mass is 10.2. The number of hydrogen-bond acceptors (Lipinski definition) is 6. The second-order valence-corrected chi connectivity index (χ2v) is 6.11. The molecule has 3 aromatic rings. The van der Waals surface area contributed by atoms with Crippen LogP contribution in [0, 0.1) is 10.1 Å². The number of ether oxygens (including phenoxy) is 1. The van der Waals surface area contributed by atoms with Gasteiger partial charge in [0.2, 0.25) is 0 Å². The lowest BCUT2D eigenvalue weighted by Crippen LogP contribution is -2.11. The topological polar surface area (TPSA) is 94.4 Å². The molecule has 0 unspecified atom stereocenters. The van der Waals surface area contributed by atoms with E-state index in [1.165, 1.54) is 42.7 Å². The summed E-state index contributed by atoms with van der Waals surface area (Å²) in [5, 5.41) is 14.2. The second-order valence-electron chi connectivity index (χ2n) is 4.71. The van der Waals surface area contributed by atoms with Crippen LogP contribution in [0.4, 0.5) is 10.8 Å². The van der Waals surface area contributed by atoms with Crippen LogP contribution in [0.25, 0.3) is 10.2 Å². The van der Waals surface area contributed by atoms with E-state index in [2.05, 4.69) is 10.3 Å². The molecule has 0 saturated heterocycles. The molecule has 0 aliphatic carbocycles. The number of fused-ring (bicyclic) bond motifs is 1. The summed E-state index contributed by atoms with van der Waals surface area (Å²) in [6, 6.07) is 8.84. The minimum Gasteiger partial charge on any atom is -0.494 e. The lowest BCUT2D eigenvalue weighted by molar-refractivity contribution is -0.384. The molecule has 3 rings (SSSR count). The fraction of sp³-hybridized carbons (Fsp3) is 0.0667. The van der Waals surface area contributed by atoms with Gasteiger partial charge in [0, 0.05) is 17.7 Å². The number of thiazole rings is 1. The van der Waals surface area contributed by atoms with Crippen molar-refractivity contribution >= 4 is 49.9 Å². The Kier molecular flexibility index (Phi) is 4.32. The monoisotopic (exact) mass is 363 g/mol. The highest BCUT2D eigenvalue weighted by atomic mass is 35.5. The zero-order valence-electron chi connectivity index (χ0n) is 12.3. The number of carbonyl (C=O) groups is 1. The normalized spacial score (nSPS) is 10.6. The molecule has 1 heterocycles. The van der Waals surface area contributed by atoms with Gasteiger partial charge in [-0.05, 0) is 18.2 Å². The van der Waals surface area contributed by atoms with Gasteiger partial charge in [0.1, 0.15) is 11.3 Å². The second kappa shape index (κ2) is 6.42. The van der Waals surface area contributed by atoms with Crippen LogP contribution < -0.4 is 10.1 Å². The van der Waals surface area contributed by atoms with Crippen molar-refractivity contribution in [1.82, 2.24) is 4.98 Å². The smallest absolute Gasteiger partial charge is 0.270 e. The number of non-ortho nitro benzene ring substituents is 1. The minimum atomic E-state index is -0.556. The van der Waals surface area contributed by atoms with Gasteiger partial charge in [-0.15, -0.1) is 0 Å². The van der Waals surface area contributed by atoms with Crippen molar-refractivity contribution in [1.29, 1.82) is 0 Å².